The van der Waals surface area contributed by atoms with Crippen LogP contribution in [0.15, 0.2) is 48.5 Å². The van der Waals surface area contributed by atoms with Crippen LogP contribution in [0.3, 0.4) is 0 Å². The Kier molecular flexibility index (Phi) is 7.23. The van der Waals surface area contributed by atoms with E-state index >= 15 is 0 Å². The van der Waals surface area contributed by atoms with Crippen LogP contribution in [0.5, 0.6) is 0 Å². The molecular formula is C22H24ClN3O2S. The van der Waals surface area contributed by atoms with E-state index in [9.17, 15) is 9.59 Å². The zero-order valence-corrected chi connectivity index (χ0v) is 17.9. The van der Waals surface area contributed by atoms with Gasteiger partial charge in [0.05, 0.1) is 11.3 Å². The Morgan fingerprint density at radius 3 is 2.52 bits per heavy atom. The Morgan fingerprint density at radius 1 is 1.07 bits per heavy atom. The minimum atomic E-state index is -0.367. The first-order chi connectivity index (χ1) is 14.0. The average molecular weight is 430 g/mol. The number of nitrogens with one attached hydrogen (secondary N) is 2. The van der Waals surface area contributed by atoms with Crippen molar-refractivity contribution in [1.82, 2.24) is 10.2 Å². The third-order valence-electron chi connectivity index (χ3n) is 5.16. The highest BCUT2D eigenvalue weighted by molar-refractivity contribution is 7.80. The van der Waals surface area contributed by atoms with Crippen molar-refractivity contribution in [2.75, 3.05) is 12.4 Å². The number of carbonyl (C=O) groups excluding carboxylic acids is 2. The normalized spacial score (nSPS) is 14.1. The van der Waals surface area contributed by atoms with Crippen LogP contribution in [0.25, 0.3) is 0 Å². The van der Waals surface area contributed by atoms with Gasteiger partial charge in [-0.05, 0) is 55.4 Å². The third-order valence-corrected chi connectivity index (χ3v) is 5.60. The summed E-state index contributed by atoms with van der Waals surface area (Å²) in [7, 11) is 1.86. The van der Waals surface area contributed by atoms with Crippen molar-refractivity contribution < 1.29 is 9.59 Å². The predicted molar refractivity (Wildman–Crippen MR) is 121 cm³/mol. The summed E-state index contributed by atoms with van der Waals surface area (Å²) in [6.07, 6.45) is 5.61. The summed E-state index contributed by atoms with van der Waals surface area (Å²) in [5.74, 6) is -0.419. The van der Waals surface area contributed by atoms with Gasteiger partial charge in [-0.3, -0.25) is 14.9 Å². The Labute approximate surface area is 181 Å². The molecule has 1 saturated carbocycles. The van der Waals surface area contributed by atoms with Crippen molar-refractivity contribution in [1.29, 1.82) is 0 Å². The predicted octanol–water partition coefficient (Wildman–Crippen LogP) is 4.87. The number of anilines is 1. The van der Waals surface area contributed by atoms with Crippen LogP contribution in [-0.4, -0.2) is 34.9 Å². The molecule has 2 amide bonds. The van der Waals surface area contributed by atoms with Gasteiger partial charge >= 0.3 is 0 Å². The summed E-state index contributed by atoms with van der Waals surface area (Å²) in [6, 6.07) is 14.1. The molecule has 0 bridgehead atoms. The maximum atomic E-state index is 13.1. The maximum absolute atomic E-state index is 13.1. The lowest BCUT2D eigenvalue weighted by atomic mass is 9.94. The van der Waals surface area contributed by atoms with E-state index in [2.05, 4.69) is 10.6 Å². The van der Waals surface area contributed by atoms with Crippen molar-refractivity contribution in [3.8, 4) is 0 Å². The van der Waals surface area contributed by atoms with Gasteiger partial charge in [-0.1, -0.05) is 49.1 Å². The number of halogens is 1. The molecule has 0 atom stereocenters. The molecule has 0 spiro atoms. The number of benzene rings is 2. The fourth-order valence-corrected chi connectivity index (χ4v) is 3.95. The van der Waals surface area contributed by atoms with Crippen LogP contribution in [0.2, 0.25) is 5.02 Å². The van der Waals surface area contributed by atoms with E-state index in [4.69, 9.17) is 23.8 Å². The van der Waals surface area contributed by atoms with Crippen molar-refractivity contribution >= 4 is 46.4 Å². The van der Waals surface area contributed by atoms with Gasteiger partial charge in [0, 0.05) is 23.7 Å². The number of nitrogens with zero attached hydrogens (tertiary/aromatic N) is 1. The molecular weight excluding hydrogens is 406 g/mol. The molecule has 5 nitrogen and oxygen atoms in total. The number of carbonyl (C=O) groups is 2. The van der Waals surface area contributed by atoms with Crippen LogP contribution in [0, 0.1) is 0 Å². The highest BCUT2D eigenvalue weighted by atomic mass is 35.5. The molecule has 1 aliphatic rings. The topological polar surface area (TPSA) is 61.4 Å². The SMILES string of the molecule is CN(C(=O)c1ccccc1NC(=S)NC(=O)c1cccc(Cl)c1)C1CCCCC1. The van der Waals surface area contributed by atoms with E-state index in [0.29, 0.717) is 21.8 Å². The van der Waals surface area contributed by atoms with Crippen LogP contribution >= 0.6 is 23.8 Å². The highest BCUT2D eigenvalue weighted by Gasteiger charge is 2.24. The van der Waals surface area contributed by atoms with Gasteiger partial charge < -0.3 is 10.2 Å². The van der Waals surface area contributed by atoms with Crippen LogP contribution in [0.1, 0.15) is 52.8 Å². The molecule has 0 aliphatic heterocycles. The Bertz CT molecular complexity index is 912. The summed E-state index contributed by atoms with van der Waals surface area (Å²) in [5.41, 5.74) is 1.50. The molecule has 2 N–H and O–H groups in total. The standard InChI is InChI=1S/C22H24ClN3O2S/c1-26(17-10-3-2-4-11-17)21(28)18-12-5-6-13-19(18)24-22(29)25-20(27)15-8-7-9-16(23)14-15/h5-9,12-14,17H,2-4,10-11H2,1H3,(H2,24,25,27,29). The van der Waals surface area contributed by atoms with Crippen molar-refractivity contribution in [2.24, 2.45) is 0 Å². The quantitative estimate of drug-likeness (QED) is 0.680. The molecule has 0 radical (unpaired) electrons. The molecule has 0 heterocycles. The molecule has 1 fully saturated rings. The fourth-order valence-electron chi connectivity index (χ4n) is 3.56. The first-order valence-corrected chi connectivity index (χ1v) is 10.5. The molecule has 2 aromatic carbocycles. The number of para-hydroxylation sites is 1. The minimum absolute atomic E-state index is 0.0519. The lowest BCUT2D eigenvalue weighted by Gasteiger charge is -2.31. The first kappa shape index (κ1) is 21.3. The second-order valence-corrected chi connectivity index (χ2v) is 8.02. The Balaban J connectivity index is 1.69. The van der Waals surface area contributed by atoms with E-state index in [1.54, 1.807) is 36.4 Å². The van der Waals surface area contributed by atoms with Gasteiger partial charge in [-0.25, -0.2) is 0 Å². The van der Waals surface area contributed by atoms with E-state index < -0.39 is 0 Å². The second-order valence-electron chi connectivity index (χ2n) is 7.17. The molecule has 152 valence electrons. The van der Waals surface area contributed by atoms with Gasteiger partial charge in [0.2, 0.25) is 0 Å². The highest BCUT2D eigenvalue weighted by Crippen LogP contribution is 2.25. The zero-order chi connectivity index (χ0) is 20.8. The van der Waals surface area contributed by atoms with Crippen LogP contribution < -0.4 is 10.6 Å². The molecule has 7 heteroatoms. The van der Waals surface area contributed by atoms with Crippen LogP contribution in [0.4, 0.5) is 5.69 Å². The van der Waals surface area contributed by atoms with E-state index in [0.717, 1.165) is 25.7 Å². The smallest absolute Gasteiger partial charge is 0.257 e. The maximum Gasteiger partial charge on any atom is 0.257 e. The number of amides is 2. The second kappa shape index (κ2) is 9.85. The summed E-state index contributed by atoms with van der Waals surface area (Å²) >= 11 is 11.2. The molecule has 0 saturated heterocycles. The van der Waals surface area contributed by atoms with Gasteiger partial charge in [0.15, 0.2) is 5.11 Å². The Morgan fingerprint density at radius 2 is 1.79 bits per heavy atom. The lowest BCUT2D eigenvalue weighted by molar-refractivity contribution is 0.0697. The summed E-state index contributed by atoms with van der Waals surface area (Å²) in [5, 5.41) is 6.20. The molecule has 29 heavy (non-hydrogen) atoms. The van der Waals surface area contributed by atoms with Crippen molar-refractivity contribution in [2.45, 2.75) is 38.1 Å². The first-order valence-electron chi connectivity index (χ1n) is 9.70. The molecule has 0 unspecified atom stereocenters. The van der Waals surface area contributed by atoms with Crippen LogP contribution in [-0.2, 0) is 0 Å². The minimum Gasteiger partial charge on any atom is -0.339 e. The zero-order valence-electron chi connectivity index (χ0n) is 16.3. The summed E-state index contributed by atoms with van der Waals surface area (Å²) in [6.45, 7) is 0. The number of rotatable bonds is 4. The van der Waals surface area contributed by atoms with Gasteiger partial charge in [0.25, 0.3) is 11.8 Å². The monoisotopic (exact) mass is 429 g/mol. The van der Waals surface area contributed by atoms with E-state index in [1.165, 1.54) is 6.42 Å². The summed E-state index contributed by atoms with van der Waals surface area (Å²) < 4.78 is 0. The third kappa shape index (κ3) is 5.55. The van der Waals surface area contributed by atoms with Crippen molar-refractivity contribution in [3.05, 3.63) is 64.7 Å². The largest absolute Gasteiger partial charge is 0.339 e. The number of hydrogen-bond acceptors (Lipinski definition) is 3. The molecule has 0 aromatic heterocycles. The summed E-state index contributed by atoms with van der Waals surface area (Å²) in [4.78, 5) is 27.3. The van der Waals surface area contributed by atoms with Gasteiger partial charge in [-0.15, -0.1) is 0 Å². The lowest BCUT2D eigenvalue weighted by Crippen LogP contribution is -2.39. The number of thiocarbonyl (C=S) groups is 1. The average Bonchev–Trinajstić information content (AvgIpc) is 2.73. The van der Waals surface area contributed by atoms with Gasteiger partial charge in [-0.2, -0.15) is 0 Å². The van der Waals surface area contributed by atoms with E-state index in [1.807, 2.05) is 24.1 Å². The molecule has 1 aliphatic carbocycles. The Hall–Kier alpha value is -2.44. The van der Waals surface area contributed by atoms with E-state index in [-0.39, 0.29) is 23.0 Å². The number of hydrogen-bond donors (Lipinski definition) is 2. The van der Waals surface area contributed by atoms with Crippen molar-refractivity contribution in [3.63, 3.8) is 0 Å². The fraction of sp³-hybridized carbons (Fsp3) is 0.318. The molecule has 3 rings (SSSR count). The van der Waals surface area contributed by atoms with Gasteiger partial charge in [0.1, 0.15) is 0 Å². The molecule has 2 aromatic rings.